The number of carbonyl (C=O) groups is 3. The molecule has 0 aromatic heterocycles. The van der Waals surface area contributed by atoms with E-state index in [1.54, 1.807) is 0 Å². The molecule has 0 aliphatic carbocycles. The van der Waals surface area contributed by atoms with Crippen molar-refractivity contribution < 1.29 is 28.6 Å². The second-order valence-corrected chi connectivity index (χ2v) is 17.4. The summed E-state index contributed by atoms with van der Waals surface area (Å²) in [4.78, 5) is 37.9. The predicted molar refractivity (Wildman–Crippen MR) is 261 cm³/mol. The van der Waals surface area contributed by atoms with Gasteiger partial charge in [-0.2, -0.15) is 0 Å². The van der Waals surface area contributed by atoms with Gasteiger partial charge in [-0.15, -0.1) is 0 Å². The summed E-state index contributed by atoms with van der Waals surface area (Å²) in [7, 11) is 0. The Morgan fingerprint density at radius 1 is 0.344 bits per heavy atom. The zero-order valence-electron chi connectivity index (χ0n) is 40.4. The van der Waals surface area contributed by atoms with E-state index in [-0.39, 0.29) is 31.1 Å². The van der Waals surface area contributed by atoms with Crippen molar-refractivity contribution in [3.63, 3.8) is 0 Å². The van der Waals surface area contributed by atoms with Crippen LogP contribution in [0.5, 0.6) is 0 Å². The molecule has 0 fully saturated rings. The zero-order chi connectivity index (χ0) is 44.4. The molecule has 1 unspecified atom stereocenters. The van der Waals surface area contributed by atoms with Crippen LogP contribution in [0.1, 0.15) is 265 Å². The molecule has 0 N–H and O–H groups in total. The van der Waals surface area contributed by atoms with Gasteiger partial charge >= 0.3 is 17.9 Å². The smallest absolute Gasteiger partial charge is 0.306 e. The molecule has 6 heteroatoms. The molecule has 0 aliphatic heterocycles. The Morgan fingerprint density at radius 3 is 1.02 bits per heavy atom. The summed E-state index contributed by atoms with van der Waals surface area (Å²) in [5.41, 5.74) is 0. The number of rotatable bonds is 47. The molecule has 354 valence electrons. The maximum absolute atomic E-state index is 12.8. The zero-order valence-corrected chi connectivity index (χ0v) is 40.4. The van der Waals surface area contributed by atoms with Gasteiger partial charge in [0.2, 0.25) is 0 Å². The van der Waals surface area contributed by atoms with E-state index in [2.05, 4.69) is 69.4 Å². The van der Waals surface area contributed by atoms with Crippen LogP contribution in [0.25, 0.3) is 0 Å². The third kappa shape index (κ3) is 48.3. The van der Waals surface area contributed by atoms with Crippen LogP contribution in [-0.2, 0) is 28.6 Å². The first-order valence-corrected chi connectivity index (χ1v) is 26.1. The molecule has 0 saturated heterocycles. The Morgan fingerprint density at radius 2 is 0.639 bits per heavy atom. The highest BCUT2D eigenvalue weighted by Crippen LogP contribution is 2.15. The minimum atomic E-state index is -0.775. The van der Waals surface area contributed by atoms with Gasteiger partial charge in [-0.05, 0) is 77.0 Å². The molecule has 0 saturated carbocycles. The first-order chi connectivity index (χ1) is 30.0. The molecular formula is C55H98O6. The third-order valence-corrected chi connectivity index (χ3v) is 11.3. The normalized spacial score (nSPS) is 12.4. The maximum Gasteiger partial charge on any atom is 0.306 e. The van der Waals surface area contributed by atoms with E-state index in [4.69, 9.17) is 14.2 Å². The van der Waals surface area contributed by atoms with Crippen LogP contribution in [0.2, 0.25) is 0 Å². The summed E-state index contributed by atoms with van der Waals surface area (Å²) in [6, 6.07) is 0. The minimum Gasteiger partial charge on any atom is -0.462 e. The van der Waals surface area contributed by atoms with E-state index < -0.39 is 6.10 Å². The van der Waals surface area contributed by atoms with Crippen molar-refractivity contribution in [2.45, 2.75) is 271 Å². The third-order valence-electron chi connectivity index (χ3n) is 11.3. The molecule has 0 radical (unpaired) electrons. The number of ether oxygens (including phenoxy) is 3. The molecular weight excluding hydrogens is 757 g/mol. The van der Waals surface area contributed by atoms with Crippen molar-refractivity contribution in [1.82, 2.24) is 0 Å². The second kappa shape index (κ2) is 50.0. The number of hydrogen-bond donors (Lipinski definition) is 0. The van der Waals surface area contributed by atoms with E-state index in [1.807, 2.05) is 0 Å². The fourth-order valence-electron chi connectivity index (χ4n) is 7.39. The average molecular weight is 855 g/mol. The lowest BCUT2D eigenvalue weighted by atomic mass is 10.1. The Bertz CT molecular complexity index is 1070. The summed E-state index contributed by atoms with van der Waals surface area (Å²) in [5, 5.41) is 0. The Hall–Kier alpha value is -2.63. The van der Waals surface area contributed by atoms with Crippen molar-refractivity contribution in [1.29, 1.82) is 0 Å². The molecule has 0 rings (SSSR count). The SMILES string of the molecule is CC/C=C\C/C=C\C/C=C\CCCCCCCCCC(=O)OCC(COC(=O)CCCCCCCCCCC)OC(=O)CCCCCCCCC/C=C\CCCCCCCC. The molecule has 61 heavy (non-hydrogen) atoms. The van der Waals surface area contributed by atoms with Crippen LogP contribution < -0.4 is 0 Å². The lowest BCUT2D eigenvalue weighted by molar-refractivity contribution is -0.167. The van der Waals surface area contributed by atoms with E-state index >= 15 is 0 Å². The van der Waals surface area contributed by atoms with E-state index in [0.717, 1.165) is 83.5 Å². The van der Waals surface area contributed by atoms with Gasteiger partial charge in [-0.1, -0.05) is 217 Å². The fourth-order valence-corrected chi connectivity index (χ4v) is 7.39. The lowest BCUT2D eigenvalue weighted by Crippen LogP contribution is -2.30. The molecule has 6 nitrogen and oxygen atoms in total. The Balaban J connectivity index is 4.32. The van der Waals surface area contributed by atoms with Crippen LogP contribution in [0.4, 0.5) is 0 Å². The van der Waals surface area contributed by atoms with Gasteiger partial charge in [0.05, 0.1) is 0 Å². The largest absolute Gasteiger partial charge is 0.462 e. The number of unbranched alkanes of at least 4 members (excludes halogenated alkanes) is 28. The quantitative estimate of drug-likeness (QED) is 0.0263. The first-order valence-electron chi connectivity index (χ1n) is 26.1. The highest BCUT2D eigenvalue weighted by molar-refractivity contribution is 5.71. The van der Waals surface area contributed by atoms with Crippen LogP contribution in [0.3, 0.4) is 0 Å². The Kier molecular flexibility index (Phi) is 47.9. The van der Waals surface area contributed by atoms with Crippen molar-refractivity contribution in [2.24, 2.45) is 0 Å². The first kappa shape index (κ1) is 58.4. The molecule has 0 aromatic carbocycles. The number of allylic oxidation sites excluding steroid dienone is 8. The molecule has 0 spiro atoms. The van der Waals surface area contributed by atoms with Gasteiger partial charge in [0.15, 0.2) is 6.10 Å². The van der Waals surface area contributed by atoms with Crippen molar-refractivity contribution in [3.8, 4) is 0 Å². The highest BCUT2D eigenvalue weighted by Gasteiger charge is 2.19. The summed E-state index contributed by atoms with van der Waals surface area (Å²) in [5.74, 6) is -0.886. The molecule has 0 heterocycles. The molecule has 0 bridgehead atoms. The van der Waals surface area contributed by atoms with Crippen LogP contribution >= 0.6 is 0 Å². The summed E-state index contributed by atoms with van der Waals surface area (Å²) >= 11 is 0. The van der Waals surface area contributed by atoms with E-state index in [1.165, 1.54) is 141 Å². The van der Waals surface area contributed by atoms with Crippen LogP contribution in [0.15, 0.2) is 48.6 Å². The fraction of sp³-hybridized carbons (Fsp3) is 0.800. The maximum atomic E-state index is 12.8. The number of esters is 3. The van der Waals surface area contributed by atoms with Crippen LogP contribution in [0, 0.1) is 0 Å². The van der Waals surface area contributed by atoms with Crippen LogP contribution in [-0.4, -0.2) is 37.2 Å². The average Bonchev–Trinajstić information content (AvgIpc) is 3.26. The molecule has 0 aromatic rings. The molecule has 0 aliphatic rings. The van der Waals surface area contributed by atoms with Gasteiger partial charge in [0, 0.05) is 19.3 Å². The standard InChI is InChI=1S/C55H98O6/c1-4-7-10-13-16-19-21-23-25-27-29-31-33-36-39-42-45-48-54(57)60-51-52(50-59-53(56)47-44-41-38-35-18-15-12-9-6-3)61-55(58)49-46-43-40-37-34-32-30-28-26-24-22-20-17-14-11-8-5-2/h7,10,16,19,23-26,52H,4-6,8-9,11-15,17-18,20-22,27-51H2,1-3H3/b10-7-,19-16-,25-23-,26-24-. The summed E-state index contributed by atoms with van der Waals surface area (Å²) < 4.78 is 16.8. The van der Waals surface area contributed by atoms with E-state index in [0.29, 0.717) is 19.3 Å². The van der Waals surface area contributed by atoms with Gasteiger partial charge in [0.1, 0.15) is 13.2 Å². The van der Waals surface area contributed by atoms with Crippen molar-refractivity contribution in [2.75, 3.05) is 13.2 Å². The van der Waals surface area contributed by atoms with Gasteiger partial charge in [-0.3, -0.25) is 14.4 Å². The van der Waals surface area contributed by atoms with Crippen molar-refractivity contribution in [3.05, 3.63) is 48.6 Å². The highest BCUT2D eigenvalue weighted by atomic mass is 16.6. The topological polar surface area (TPSA) is 78.9 Å². The van der Waals surface area contributed by atoms with Gasteiger partial charge in [0.25, 0.3) is 0 Å². The summed E-state index contributed by atoms with van der Waals surface area (Å²) in [6.07, 6.45) is 59.5. The number of carbonyl (C=O) groups excluding carboxylic acids is 3. The number of hydrogen-bond acceptors (Lipinski definition) is 6. The molecule has 1 atom stereocenters. The Labute approximate surface area is 378 Å². The van der Waals surface area contributed by atoms with Gasteiger partial charge < -0.3 is 14.2 Å². The van der Waals surface area contributed by atoms with Gasteiger partial charge in [-0.25, -0.2) is 0 Å². The minimum absolute atomic E-state index is 0.0761. The second-order valence-electron chi connectivity index (χ2n) is 17.4. The van der Waals surface area contributed by atoms with E-state index in [9.17, 15) is 14.4 Å². The van der Waals surface area contributed by atoms with Crippen molar-refractivity contribution >= 4 is 17.9 Å². The monoisotopic (exact) mass is 855 g/mol. The lowest BCUT2D eigenvalue weighted by Gasteiger charge is -2.18. The predicted octanol–water partition coefficient (Wildman–Crippen LogP) is 17.1. The molecule has 0 amide bonds. The summed E-state index contributed by atoms with van der Waals surface area (Å²) in [6.45, 7) is 6.51.